The Morgan fingerprint density at radius 3 is 2.40 bits per heavy atom. The first kappa shape index (κ1) is 35.6. The number of aliphatic carboxylic acids is 1. The number of benzene rings is 2. The molecule has 2 atom stereocenters. The summed E-state index contributed by atoms with van der Waals surface area (Å²) in [7, 11) is 0.0888. The fraction of sp³-hybridized carbons (Fsp3) is 0.448. The standard InChI is InChI=1S/C29H34BrN3O6S.2Na/c1-32(2)40(37,38)31-27(34)19-9-11-21-23(18-7-5-4-6-8-18)16-33(26(21)13-19)17-29(28(35)36)15-24(29)22-14-20(39-3)10-12-25(22)30;;/h9-14,16,18,24H,4-8,15,17H2,1-3H3,(H,31,34)(H,35,36);;/q;2*+1/p-2/t24-,29-;;/m0../s1. The fourth-order valence-electron chi connectivity index (χ4n) is 5.96. The molecule has 0 aliphatic heterocycles. The average Bonchev–Trinajstić information content (AvgIpc) is 3.55. The van der Waals surface area contributed by atoms with E-state index in [1.54, 1.807) is 19.2 Å². The number of carbonyl (C=O) groups excluding carboxylic acids is 1. The zero-order valence-electron chi connectivity index (χ0n) is 24.7. The Labute approximate surface area is 299 Å². The molecule has 214 valence electrons. The zero-order chi connectivity index (χ0) is 28.8. The number of carbonyl (C=O) groups is 1. The van der Waals surface area contributed by atoms with Crippen molar-refractivity contribution in [3.63, 3.8) is 0 Å². The van der Waals surface area contributed by atoms with E-state index < -0.39 is 27.5 Å². The first-order chi connectivity index (χ1) is 19.0. The molecule has 1 heterocycles. The van der Waals surface area contributed by atoms with E-state index in [1.165, 1.54) is 20.5 Å². The fourth-order valence-corrected chi connectivity index (χ4v) is 6.96. The second-order valence-corrected chi connectivity index (χ2v) is 13.7. The van der Waals surface area contributed by atoms with E-state index in [0.717, 1.165) is 51.0 Å². The van der Waals surface area contributed by atoms with Crippen molar-refractivity contribution in [1.29, 1.82) is 0 Å². The number of hydrogen-bond donors (Lipinski definition) is 0. The van der Waals surface area contributed by atoms with Crippen LogP contribution in [-0.2, 0) is 21.5 Å². The molecular weight excluding hydrogens is 644 g/mol. The monoisotopic (exact) mass is 675 g/mol. The van der Waals surface area contributed by atoms with E-state index in [9.17, 15) is 23.4 Å². The molecule has 0 N–H and O–H groups in total. The molecule has 3 aromatic rings. The van der Waals surface area contributed by atoms with Crippen LogP contribution in [0.5, 0.6) is 5.75 Å². The number of carboxylic acid groups (broad SMARTS) is 1. The summed E-state index contributed by atoms with van der Waals surface area (Å²) >= 11 is 3.57. The first-order valence-electron chi connectivity index (χ1n) is 13.3. The van der Waals surface area contributed by atoms with Crippen LogP contribution in [0.25, 0.3) is 10.9 Å². The molecule has 1 aromatic heterocycles. The van der Waals surface area contributed by atoms with Gasteiger partial charge in [-0.1, -0.05) is 47.3 Å². The summed E-state index contributed by atoms with van der Waals surface area (Å²) in [5.74, 6) is -1.32. The van der Waals surface area contributed by atoms with Gasteiger partial charge in [0, 0.05) is 59.5 Å². The van der Waals surface area contributed by atoms with Crippen LogP contribution in [0.4, 0.5) is 0 Å². The molecule has 0 radical (unpaired) electrons. The van der Waals surface area contributed by atoms with Gasteiger partial charge in [-0.3, -0.25) is 0 Å². The van der Waals surface area contributed by atoms with Crippen molar-refractivity contribution in [2.45, 2.75) is 56.9 Å². The summed E-state index contributed by atoms with van der Waals surface area (Å²) in [4.78, 5) is 12.7. The van der Waals surface area contributed by atoms with Gasteiger partial charge < -0.3 is 24.3 Å². The molecule has 2 aromatic carbocycles. The van der Waals surface area contributed by atoms with Gasteiger partial charge in [0.1, 0.15) is 5.75 Å². The van der Waals surface area contributed by atoms with Crippen molar-refractivity contribution < 1.29 is 87.3 Å². The van der Waals surface area contributed by atoms with E-state index >= 15 is 0 Å². The third-order valence-electron chi connectivity index (χ3n) is 8.38. The average molecular weight is 677 g/mol. The van der Waals surface area contributed by atoms with Crippen molar-refractivity contribution in [2.24, 2.45) is 9.81 Å². The van der Waals surface area contributed by atoms with Gasteiger partial charge in [-0.25, -0.2) is 0 Å². The van der Waals surface area contributed by atoms with Crippen LogP contribution >= 0.6 is 15.9 Å². The topological polar surface area (TPSA) is 127 Å². The van der Waals surface area contributed by atoms with Crippen LogP contribution in [0.2, 0.25) is 0 Å². The van der Waals surface area contributed by atoms with Gasteiger partial charge in [-0.05, 0) is 72.1 Å². The molecule has 2 fully saturated rings. The summed E-state index contributed by atoms with van der Waals surface area (Å²) < 4.78 is 36.8. The van der Waals surface area contributed by atoms with Gasteiger partial charge in [0.15, 0.2) is 0 Å². The molecule has 13 heteroatoms. The van der Waals surface area contributed by atoms with Gasteiger partial charge in [0.2, 0.25) is 0 Å². The van der Waals surface area contributed by atoms with E-state index in [-0.39, 0.29) is 77.1 Å². The van der Waals surface area contributed by atoms with E-state index in [0.29, 0.717) is 23.6 Å². The van der Waals surface area contributed by atoms with Crippen LogP contribution in [0.1, 0.15) is 67.1 Å². The molecule has 0 amide bonds. The molecule has 0 spiro atoms. The van der Waals surface area contributed by atoms with Crippen molar-refractivity contribution in [3.05, 3.63) is 63.8 Å². The first-order valence-corrected chi connectivity index (χ1v) is 15.5. The van der Waals surface area contributed by atoms with Crippen molar-refractivity contribution in [3.8, 4) is 5.75 Å². The molecule has 0 saturated heterocycles. The third kappa shape index (κ3) is 7.00. The molecule has 2 aliphatic carbocycles. The van der Waals surface area contributed by atoms with Gasteiger partial charge in [0.25, 0.3) is 0 Å². The molecule has 9 nitrogen and oxygen atoms in total. The normalized spacial score (nSPS) is 21.1. The van der Waals surface area contributed by atoms with E-state index in [4.69, 9.17) is 4.74 Å². The number of fused-ring (bicyclic) bond motifs is 1. The van der Waals surface area contributed by atoms with Crippen LogP contribution in [0, 0.1) is 5.41 Å². The summed E-state index contributed by atoms with van der Waals surface area (Å²) in [6, 6.07) is 10.6. The molecule has 42 heavy (non-hydrogen) atoms. The van der Waals surface area contributed by atoms with Gasteiger partial charge >= 0.3 is 69.3 Å². The minimum absolute atomic E-state index is 0. The number of aromatic nitrogens is 1. The minimum Gasteiger partial charge on any atom is -0.858 e. The summed E-state index contributed by atoms with van der Waals surface area (Å²) in [5, 5.41) is 26.5. The second-order valence-electron chi connectivity index (χ2n) is 11.0. The molecular formula is C29H32BrN3Na2O6S. The Kier molecular flexibility index (Phi) is 11.9. The Balaban J connectivity index is 0.00000242. The second kappa shape index (κ2) is 14.0. The molecule has 2 aliphatic rings. The van der Waals surface area contributed by atoms with Gasteiger partial charge in [-0.15, -0.1) is 0 Å². The van der Waals surface area contributed by atoms with E-state index in [1.807, 2.05) is 35.0 Å². The van der Waals surface area contributed by atoms with Crippen LogP contribution in [-0.4, -0.2) is 50.4 Å². The Morgan fingerprint density at radius 1 is 1.10 bits per heavy atom. The minimum atomic E-state index is -4.10. The summed E-state index contributed by atoms with van der Waals surface area (Å²) in [6.45, 7) is 0.150. The van der Waals surface area contributed by atoms with Gasteiger partial charge in [0.05, 0.1) is 7.11 Å². The summed E-state index contributed by atoms with van der Waals surface area (Å²) in [5.41, 5.74) is 1.62. The predicted molar refractivity (Wildman–Crippen MR) is 152 cm³/mol. The van der Waals surface area contributed by atoms with Crippen LogP contribution < -0.4 is 74.1 Å². The number of methoxy groups -OCH3 is 1. The third-order valence-corrected chi connectivity index (χ3v) is 10.4. The number of rotatable bonds is 9. The molecule has 0 bridgehead atoms. The quantitative estimate of drug-likeness (QED) is 0.138. The number of halogens is 1. The summed E-state index contributed by atoms with van der Waals surface area (Å²) in [6.07, 6.45) is 7.95. The smallest absolute Gasteiger partial charge is 0.858 e. The van der Waals surface area contributed by atoms with Crippen molar-refractivity contribution in [2.75, 3.05) is 21.2 Å². The molecule has 2 saturated carbocycles. The zero-order valence-corrected chi connectivity index (χ0v) is 31.1. The van der Waals surface area contributed by atoms with Crippen LogP contribution in [0.3, 0.4) is 0 Å². The number of nitrogens with zero attached hydrogens (tertiary/aromatic N) is 3. The SMILES string of the molecule is COc1ccc(Br)c([C@@H]2C[C@@]2(Cn2cc(C3CCCCC3)c3ccc(C([O-])=NS(=O)(=O)N(C)C)cc32)C(=O)[O-])c1.[Na+].[Na+]. The van der Waals surface area contributed by atoms with Gasteiger partial charge in [-0.2, -0.15) is 17.1 Å². The number of ether oxygens (including phenoxy) is 1. The Bertz CT molecular complexity index is 1600. The maximum absolute atomic E-state index is 12.9. The Morgan fingerprint density at radius 2 is 1.79 bits per heavy atom. The van der Waals surface area contributed by atoms with E-state index in [2.05, 4.69) is 20.3 Å². The van der Waals surface area contributed by atoms with Crippen molar-refractivity contribution in [1.82, 2.24) is 8.87 Å². The van der Waals surface area contributed by atoms with Crippen LogP contribution in [0.15, 0.2) is 51.5 Å². The molecule has 5 rings (SSSR count). The molecule has 0 unspecified atom stereocenters. The maximum Gasteiger partial charge on any atom is 1.00 e. The Hall–Kier alpha value is -0.890. The number of carboxylic acids is 1. The largest absolute Gasteiger partial charge is 1.00 e. The predicted octanol–water partition coefficient (Wildman–Crippen LogP) is -2.69. The van der Waals surface area contributed by atoms with Crippen molar-refractivity contribution >= 4 is 48.9 Å². The number of hydrogen-bond acceptors (Lipinski definition) is 6. The maximum atomic E-state index is 12.9.